The number of nitrogens with one attached hydrogen (secondary N) is 3. The quantitative estimate of drug-likeness (QED) is 0.709. The van der Waals surface area contributed by atoms with Crippen molar-refractivity contribution in [3.05, 3.63) is 24.2 Å². The maximum Gasteiger partial charge on any atom is 0.315 e. The maximum atomic E-state index is 12.0. The number of furan rings is 1. The largest absolute Gasteiger partial charge is 0.459 e. The Kier molecular flexibility index (Phi) is 5.40. The Bertz CT molecular complexity index is 546. The Hall–Kier alpha value is -2.02. The summed E-state index contributed by atoms with van der Waals surface area (Å²) in [6.07, 6.45) is 7.26. The molecule has 2 unspecified atom stereocenters. The third kappa shape index (κ3) is 4.08. The molecule has 2 atom stereocenters. The summed E-state index contributed by atoms with van der Waals surface area (Å²) in [5, 5.41) is 8.57. The number of rotatable bonds is 5. The van der Waals surface area contributed by atoms with Gasteiger partial charge >= 0.3 is 6.03 Å². The number of carbonyl (C=O) groups excluding carboxylic acids is 2. The molecule has 0 aromatic carbocycles. The highest BCUT2D eigenvalue weighted by Crippen LogP contribution is 2.32. The maximum absolute atomic E-state index is 12.0. The van der Waals surface area contributed by atoms with E-state index in [1.165, 1.54) is 25.5 Å². The predicted octanol–water partition coefficient (Wildman–Crippen LogP) is 1.32. The Morgan fingerprint density at radius 3 is 2.58 bits per heavy atom. The average Bonchev–Trinajstić information content (AvgIpc) is 3.07. The lowest BCUT2D eigenvalue weighted by Crippen LogP contribution is -2.56. The van der Waals surface area contributed by atoms with E-state index in [1.54, 1.807) is 12.1 Å². The molecule has 3 N–H and O–H groups in total. The second-order valence-corrected chi connectivity index (χ2v) is 6.71. The fourth-order valence-electron chi connectivity index (χ4n) is 3.82. The molecule has 2 aliphatic heterocycles. The van der Waals surface area contributed by atoms with Crippen molar-refractivity contribution in [1.29, 1.82) is 0 Å². The summed E-state index contributed by atoms with van der Waals surface area (Å²) in [6.45, 7) is 0.753. The van der Waals surface area contributed by atoms with E-state index in [-0.39, 0.29) is 23.7 Å². The molecule has 24 heavy (non-hydrogen) atoms. The van der Waals surface area contributed by atoms with Gasteiger partial charge < -0.3 is 25.3 Å². The van der Waals surface area contributed by atoms with Crippen LogP contribution in [-0.4, -0.2) is 55.1 Å². The highest BCUT2D eigenvalue weighted by molar-refractivity contribution is 5.91. The topological polar surface area (TPSA) is 86.6 Å². The Morgan fingerprint density at radius 2 is 1.92 bits per heavy atom. The smallest absolute Gasteiger partial charge is 0.315 e. The van der Waals surface area contributed by atoms with Crippen molar-refractivity contribution in [1.82, 2.24) is 20.9 Å². The van der Waals surface area contributed by atoms with Crippen LogP contribution in [0.5, 0.6) is 0 Å². The first-order valence-electron chi connectivity index (χ1n) is 8.71. The number of hydrogen-bond donors (Lipinski definition) is 3. The molecular formula is C17H26N4O3. The minimum absolute atomic E-state index is 0.158. The molecule has 132 valence electrons. The zero-order valence-electron chi connectivity index (χ0n) is 14.1. The molecule has 7 nitrogen and oxygen atoms in total. The second kappa shape index (κ2) is 7.70. The Labute approximate surface area is 142 Å². The van der Waals surface area contributed by atoms with E-state index in [0.29, 0.717) is 25.2 Å². The van der Waals surface area contributed by atoms with Crippen molar-refractivity contribution in [2.45, 2.75) is 50.2 Å². The molecule has 3 amide bonds. The highest BCUT2D eigenvalue weighted by Gasteiger charge is 2.36. The summed E-state index contributed by atoms with van der Waals surface area (Å²) in [5.41, 5.74) is 0. The first-order chi connectivity index (χ1) is 11.6. The zero-order chi connectivity index (χ0) is 16.9. The van der Waals surface area contributed by atoms with Gasteiger partial charge in [0.25, 0.3) is 5.91 Å². The van der Waals surface area contributed by atoms with Gasteiger partial charge in [-0.2, -0.15) is 0 Å². The monoisotopic (exact) mass is 334 g/mol. The number of nitrogens with zero attached hydrogens (tertiary/aromatic N) is 1. The van der Waals surface area contributed by atoms with Crippen molar-refractivity contribution in [3.8, 4) is 0 Å². The summed E-state index contributed by atoms with van der Waals surface area (Å²) >= 11 is 0. The van der Waals surface area contributed by atoms with E-state index in [1.807, 2.05) is 0 Å². The molecule has 3 rings (SSSR count). The summed E-state index contributed by atoms with van der Waals surface area (Å²) < 4.78 is 5.00. The minimum atomic E-state index is -0.273. The van der Waals surface area contributed by atoms with Crippen molar-refractivity contribution in [3.63, 3.8) is 0 Å². The Morgan fingerprint density at radius 1 is 1.21 bits per heavy atom. The minimum Gasteiger partial charge on any atom is -0.459 e. The normalized spacial score (nSPS) is 26.6. The SMILES string of the molecule is CN1C2CCCC1CC(NC(=O)NCCNC(=O)c1ccco1)C2. The van der Waals surface area contributed by atoms with E-state index in [0.717, 1.165) is 12.8 Å². The van der Waals surface area contributed by atoms with Crippen LogP contribution in [0.1, 0.15) is 42.7 Å². The van der Waals surface area contributed by atoms with Gasteiger partial charge in [-0.1, -0.05) is 6.42 Å². The van der Waals surface area contributed by atoms with Crippen LogP contribution in [-0.2, 0) is 0 Å². The van der Waals surface area contributed by atoms with E-state index in [9.17, 15) is 9.59 Å². The van der Waals surface area contributed by atoms with E-state index in [2.05, 4.69) is 27.9 Å². The third-order valence-electron chi connectivity index (χ3n) is 5.12. The van der Waals surface area contributed by atoms with Gasteiger partial charge in [0.15, 0.2) is 5.76 Å². The number of fused-ring (bicyclic) bond motifs is 2. The lowest BCUT2D eigenvalue weighted by Gasteiger charge is -2.47. The van der Waals surface area contributed by atoms with Crippen LogP contribution < -0.4 is 16.0 Å². The van der Waals surface area contributed by atoms with Crippen LogP contribution in [0.4, 0.5) is 4.79 Å². The van der Waals surface area contributed by atoms with Crippen LogP contribution >= 0.6 is 0 Å². The first kappa shape index (κ1) is 16.8. The van der Waals surface area contributed by atoms with Crippen LogP contribution in [0.2, 0.25) is 0 Å². The zero-order valence-corrected chi connectivity index (χ0v) is 14.1. The summed E-state index contributed by atoms with van der Waals surface area (Å²) in [6, 6.07) is 4.54. The van der Waals surface area contributed by atoms with Gasteiger partial charge in [0.1, 0.15) is 0 Å². The van der Waals surface area contributed by atoms with Crippen LogP contribution in [0.3, 0.4) is 0 Å². The van der Waals surface area contributed by atoms with Gasteiger partial charge in [0, 0.05) is 31.2 Å². The van der Waals surface area contributed by atoms with Crippen molar-refractivity contribution in [2.75, 3.05) is 20.1 Å². The summed E-state index contributed by atoms with van der Waals surface area (Å²) in [4.78, 5) is 26.2. The molecule has 0 aliphatic carbocycles. The third-order valence-corrected chi connectivity index (χ3v) is 5.12. The molecule has 2 fully saturated rings. The van der Waals surface area contributed by atoms with Gasteiger partial charge in [-0.05, 0) is 44.9 Å². The van der Waals surface area contributed by atoms with E-state index < -0.39 is 0 Å². The standard InChI is InChI=1S/C17H26N4O3/c1-21-13-4-2-5-14(21)11-12(10-13)20-17(23)19-8-7-18-16(22)15-6-3-9-24-15/h3,6,9,12-14H,2,4-5,7-8,10-11H2,1H3,(H,18,22)(H2,19,20,23). The molecule has 2 saturated heterocycles. The number of carbonyl (C=O) groups is 2. The molecule has 2 aliphatic rings. The van der Waals surface area contributed by atoms with Crippen molar-refractivity contribution in [2.24, 2.45) is 0 Å². The molecule has 0 spiro atoms. The summed E-state index contributed by atoms with van der Waals surface area (Å²) in [5.74, 6) is 0.00247. The molecular weight excluding hydrogens is 308 g/mol. The first-order valence-corrected chi connectivity index (χ1v) is 8.71. The van der Waals surface area contributed by atoms with Crippen LogP contribution in [0.15, 0.2) is 22.8 Å². The Balaban J connectivity index is 1.33. The van der Waals surface area contributed by atoms with E-state index >= 15 is 0 Å². The fraction of sp³-hybridized carbons (Fsp3) is 0.647. The molecule has 3 heterocycles. The lowest BCUT2D eigenvalue weighted by molar-refractivity contribution is 0.0509. The van der Waals surface area contributed by atoms with E-state index in [4.69, 9.17) is 4.42 Å². The number of urea groups is 1. The highest BCUT2D eigenvalue weighted by atomic mass is 16.3. The van der Waals surface area contributed by atoms with Gasteiger partial charge in [-0.15, -0.1) is 0 Å². The predicted molar refractivity (Wildman–Crippen MR) is 89.8 cm³/mol. The second-order valence-electron chi connectivity index (χ2n) is 6.71. The fourth-order valence-corrected chi connectivity index (χ4v) is 3.82. The van der Waals surface area contributed by atoms with Crippen LogP contribution in [0.25, 0.3) is 0 Å². The summed E-state index contributed by atoms with van der Waals surface area (Å²) in [7, 11) is 2.20. The number of piperidine rings is 2. The van der Waals surface area contributed by atoms with Gasteiger partial charge in [-0.3, -0.25) is 4.79 Å². The lowest BCUT2D eigenvalue weighted by atomic mass is 9.82. The van der Waals surface area contributed by atoms with Crippen molar-refractivity contribution >= 4 is 11.9 Å². The average molecular weight is 334 g/mol. The molecule has 0 saturated carbocycles. The number of hydrogen-bond acceptors (Lipinski definition) is 4. The molecule has 1 aromatic heterocycles. The van der Waals surface area contributed by atoms with Crippen LogP contribution in [0, 0.1) is 0 Å². The van der Waals surface area contributed by atoms with Gasteiger partial charge in [-0.25, -0.2) is 4.79 Å². The molecule has 7 heteroatoms. The van der Waals surface area contributed by atoms with Crippen molar-refractivity contribution < 1.29 is 14.0 Å². The molecule has 1 aromatic rings. The number of amides is 3. The molecule has 2 bridgehead atoms. The molecule has 0 radical (unpaired) electrons. The van der Waals surface area contributed by atoms with Gasteiger partial charge in [0.05, 0.1) is 6.26 Å². The van der Waals surface area contributed by atoms with Gasteiger partial charge in [0.2, 0.25) is 0 Å².